The molecule has 0 saturated carbocycles. The van der Waals surface area contributed by atoms with Gasteiger partial charge in [-0.05, 0) is 23.1 Å². The molecule has 1 aromatic heterocycles. The second kappa shape index (κ2) is 3.15. The molecule has 0 radical (unpaired) electrons. The van der Waals surface area contributed by atoms with Gasteiger partial charge in [-0.25, -0.2) is 4.79 Å². The zero-order chi connectivity index (χ0) is 12.2. The highest BCUT2D eigenvalue weighted by Gasteiger charge is 2.22. The summed E-state index contributed by atoms with van der Waals surface area (Å²) in [6, 6.07) is 4.09. The maximum atomic E-state index is 11.8. The first-order valence-corrected chi connectivity index (χ1v) is 5.87. The lowest BCUT2D eigenvalue weighted by molar-refractivity contribution is 0.284. The SMILES string of the molecule is CC(C)(C)c1cc2c3c(c1)[nH]c(=O)n3CCO2. The number of ether oxygens (including phenoxy) is 1. The first-order valence-electron chi connectivity index (χ1n) is 5.87. The third kappa shape index (κ3) is 1.47. The quantitative estimate of drug-likeness (QED) is 0.755. The van der Waals surface area contributed by atoms with Gasteiger partial charge >= 0.3 is 5.69 Å². The Balaban J connectivity index is 2.38. The summed E-state index contributed by atoms with van der Waals surface area (Å²) < 4.78 is 7.42. The molecule has 4 nitrogen and oxygen atoms in total. The smallest absolute Gasteiger partial charge is 0.326 e. The molecule has 17 heavy (non-hydrogen) atoms. The number of benzene rings is 1. The summed E-state index contributed by atoms with van der Waals surface area (Å²) in [5.74, 6) is 0.817. The molecule has 0 fully saturated rings. The number of imidazole rings is 1. The summed E-state index contributed by atoms with van der Waals surface area (Å²) in [7, 11) is 0. The number of nitrogens with zero attached hydrogens (tertiary/aromatic N) is 1. The van der Waals surface area contributed by atoms with Gasteiger partial charge in [-0.2, -0.15) is 0 Å². The standard InChI is InChI=1S/C13H16N2O2/c1-13(2,3)8-6-9-11-10(7-8)17-5-4-15(11)12(16)14-9/h6-7H,4-5H2,1-3H3,(H,14,16). The van der Waals surface area contributed by atoms with E-state index in [0.717, 1.165) is 16.8 Å². The highest BCUT2D eigenvalue weighted by molar-refractivity contribution is 5.83. The number of H-pyrrole nitrogens is 1. The Hall–Kier alpha value is -1.71. The van der Waals surface area contributed by atoms with Gasteiger partial charge in [0.2, 0.25) is 0 Å². The Morgan fingerprint density at radius 3 is 2.82 bits per heavy atom. The molecule has 4 heteroatoms. The molecular weight excluding hydrogens is 216 g/mol. The van der Waals surface area contributed by atoms with E-state index in [2.05, 4.69) is 25.8 Å². The summed E-state index contributed by atoms with van der Waals surface area (Å²) in [5.41, 5.74) is 2.95. The van der Waals surface area contributed by atoms with Crippen LogP contribution in [0.1, 0.15) is 26.3 Å². The fourth-order valence-electron chi connectivity index (χ4n) is 2.27. The Morgan fingerprint density at radius 1 is 1.35 bits per heavy atom. The van der Waals surface area contributed by atoms with Crippen LogP contribution in [0.5, 0.6) is 5.75 Å². The van der Waals surface area contributed by atoms with E-state index < -0.39 is 0 Å². The van der Waals surface area contributed by atoms with Crippen molar-refractivity contribution in [2.24, 2.45) is 0 Å². The van der Waals surface area contributed by atoms with Gasteiger partial charge in [0.1, 0.15) is 17.9 Å². The molecule has 3 rings (SSSR count). The molecular formula is C13H16N2O2. The van der Waals surface area contributed by atoms with Crippen LogP contribution in [0.3, 0.4) is 0 Å². The predicted octanol–water partition coefficient (Wildman–Crippen LogP) is 2.02. The normalized spacial score (nSPS) is 15.0. The van der Waals surface area contributed by atoms with Gasteiger partial charge in [-0.1, -0.05) is 20.8 Å². The minimum atomic E-state index is -0.0457. The second-order valence-electron chi connectivity index (χ2n) is 5.55. The van der Waals surface area contributed by atoms with Gasteiger partial charge in [0.25, 0.3) is 0 Å². The van der Waals surface area contributed by atoms with Crippen molar-refractivity contribution >= 4 is 11.0 Å². The zero-order valence-electron chi connectivity index (χ0n) is 10.3. The first-order chi connectivity index (χ1) is 7.97. The fourth-order valence-corrected chi connectivity index (χ4v) is 2.27. The maximum Gasteiger partial charge on any atom is 0.326 e. The van der Waals surface area contributed by atoms with Crippen LogP contribution in [-0.4, -0.2) is 16.2 Å². The van der Waals surface area contributed by atoms with Gasteiger partial charge in [-0.3, -0.25) is 4.57 Å². The summed E-state index contributed by atoms with van der Waals surface area (Å²) in [6.45, 7) is 7.64. The van der Waals surface area contributed by atoms with E-state index in [4.69, 9.17) is 4.74 Å². The molecule has 0 aliphatic carbocycles. The van der Waals surface area contributed by atoms with Gasteiger partial charge in [0.05, 0.1) is 12.1 Å². The lowest BCUT2D eigenvalue weighted by Crippen LogP contribution is -2.23. The van der Waals surface area contributed by atoms with Crippen LogP contribution in [0.25, 0.3) is 11.0 Å². The summed E-state index contributed by atoms with van der Waals surface area (Å²) in [6.07, 6.45) is 0. The molecule has 2 heterocycles. The van der Waals surface area contributed by atoms with Crippen LogP contribution in [0.2, 0.25) is 0 Å². The van der Waals surface area contributed by atoms with E-state index in [1.165, 1.54) is 5.56 Å². The summed E-state index contributed by atoms with van der Waals surface area (Å²) in [4.78, 5) is 14.7. The van der Waals surface area contributed by atoms with Gasteiger partial charge in [0.15, 0.2) is 0 Å². The van der Waals surface area contributed by atoms with Crippen molar-refractivity contribution in [3.63, 3.8) is 0 Å². The number of hydrogen-bond acceptors (Lipinski definition) is 2. The van der Waals surface area contributed by atoms with Crippen LogP contribution < -0.4 is 10.4 Å². The monoisotopic (exact) mass is 232 g/mol. The van der Waals surface area contributed by atoms with E-state index in [1.54, 1.807) is 4.57 Å². The molecule has 0 spiro atoms. The minimum Gasteiger partial charge on any atom is -0.489 e. The molecule has 90 valence electrons. The Kier molecular flexibility index (Phi) is 1.94. The Labute approximate surface area is 99.2 Å². The Morgan fingerprint density at radius 2 is 2.12 bits per heavy atom. The molecule has 0 atom stereocenters. The van der Waals surface area contributed by atoms with Crippen molar-refractivity contribution in [3.8, 4) is 5.75 Å². The number of hydrogen-bond donors (Lipinski definition) is 1. The third-order valence-corrected chi connectivity index (χ3v) is 3.27. The lowest BCUT2D eigenvalue weighted by Gasteiger charge is -2.22. The van der Waals surface area contributed by atoms with E-state index in [9.17, 15) is 4.79 Å². The molecule has 1 aliphatic rings. The van der Waals surface area contributed by atoms with Crippen molar-refractivity contribution in [3.05, 3.63) is 28.2 Å². The number of aromatic nitrogens is 2. The summed E-state index contributed by atoms with van der Waals surface area (Å²) >= 11 is 0. The van der Waals surface area contributed by atoms with Crippen molar-refractivity contribution in [1.82, 2.24) is 9.55 Å². The molecule has 1 aliphatic heterocycles. The highest BCUT2D eigenvalue weighted by Crippen LogP contribution is 2.33. The van der Waals surface area contributed by atoms with Gasteiger partial charge in [0, 0.05) is 0 Å². The van der Waals surface area contributed by atoms with Gasteiger partial charge in [-0.15, -0.1) is 0 Å². The highest BCUT2D eigenvalue weighted by atomic mass is 16.5. The molecule has 0 saturated heterocycles. The van der Waals surface area contributed by atoms with E-state index in [1.807, 2.05) is 12.1 Å². The predicted molar refractivity (Wildman–Crippen MR) is 66.8 cm³/mol. The fraction of sp³-hybridized carbons (Fsp3) is 0.462. The Bertz CT molecular complexity index is 644. The van der Waals surface area contributed by atoms with Crippen LogP contribution in [0.15, 0.2) is 16.9 Å². The van der Waals surface area contributed by atoms with E-state index in [0.29, 0.717) is 13.2 Å². The maximum absolute atomic E-state index is 11.8. The van der Waals surface area contributed by atoms with E-state index >= 15 is 0 Å². The first kappa shape index (κ1) is 10.4. The largest absolute Gasteiger partial charge is 0.489 e. The molecule has 1 N–H and O–H groups in total. The molecule has 0 amide bonds. The number of aromatic amines is 1. The second-order valence-corrected chi connectivity index (χ2v) is 5.55. The van der Waals surface area contributed by atoms with Crippen LogP contribution in [0.4, 0.5) is 0 Å². The lowest BCUT2D eigenvalue weighted by atomic mass is 9.86. The molecule has 1 aromatic carbocycles. The van der Waals surface area contributed by atoms with Crippen LogP contribution in [0, 0.1) is 0 Å². The molecule has 0 bridgehead atoms. The van der Waals surface area contributed by atoms with Crippen molar-refractivity contribution in [2.75, 3.05) is 6.61 Å². The third-order valence-electron chi connectivity index (χ3n) is 3.27. The van der Waals surface area contributed by atoms with Crippen molar-refractivity contribution in [1.29, 1.82) is 0 Å². The van der Waals surface area contributed by atoms with Crippen molar-refractivity contribution in [2.45, 2.75) is 32.7 Å². The van der Waals surface area contributed by atoms with Crippen LogP contribution in [-0.2, 0) is 12.0 Å². The molecule has 2 aromatic rings. The zero-order valence-corrected chi connectivity index (χ0v) is 10.3. The number of rotatable bonds is 0. The van der Waals surface area contributed by atoms with Gasteiger partial charge < -0.3 is 9.72 Å². The molecule has 0 unspecified atom stereocenters. The van der Waals surface area contributed by atoms with E-state index in [-0.39, 0.29) is 11.1 Å². The average Bonchev–Trinajstić information content (AvgIpc) is 2.56. The van der Waals surface area contributed by atoms with Crippen LogP contribution >= 0.6 is 0 Å². The average molecular weight is 232 g/mol. The number of nitrogens with one attached hydrogen (secondary N) is 1. The minimum absolute atomic E-state index is 0.0457. The van der Waals surface area contributed by atoms with Crippen molar-refractivity contribution < 1.29 is 4.74 Å². The topological polar surface area (TPSA) is 47.0 Å². The summed E-state index contributed by atoms with van der Waals surface area (Å²) in [5, 5.41) is 0.